The highest BCUT2D eigenvalue weighted by molar-refractivity contribution is 5.93. The van der Waals surface area contributed by atoms with Crippen molar-refractivity contribution in [3.05, 3.63) is 65.1 Å². The molecule has 3 rings (SSSR count). The van der Waals surface area contributed by atoms with Crippen LogP contribution in [0.1, 0.15) is 27.3 Å². The lowest BCUT2D eigenvalue weighted by molar-refractivity contribution is -0.154. The first kappa shape index (κ1) is 20.3. The number of carbonyl (C=O) groups excluding carboxylic acids is 1. The van der Waals surface area contributed by atoms with Crippen molar-refractivity contribution in [3.63, 3.8) is 0 Å². The second-order valence-corrected chi connectivity index (χ2v) is 6.33. The van der Waals surface area contributed by atoms with E-state index < -0.39 is 18.7 Å². The number of aromatic nitrogens is 4. The highest BCUT2D eigenvalue weighted by Crippen LogP contribution is 2.20. The Balaban J connectivity index is 1.71. The molecule has 10 heteroatoms. The van der Waals surface area contributed by atoms with E-state index in [9.17, 15) is 18.0 Å². The van der Waals surface area contributed by atoms with E-state index in [1.807, 2.05) is 31.2 Å². The van der Waals surface area contributed by atoms with Crippen LogP contribution in [0.2, 0.25) is 0 Å². The molecule has 0 radical (unpaired) electrons. The predicted molar refractivity (Wildman–Crippen MR) is 97.8 cm³/mol. The summed E-state index contributed by atoms with van der Waals surface area (Å²) < 4.78 is 43.4. The van der Waals surface area contributed by atoms with Gasteiger partial charge in [0.2, 0.25) is 5.88 Å². The van der Waals surface area contributed by atoms with Gasteiger partial charge >= 0.3 is 6.18 Å². The molecule has 0 aliphatic carbocycles. The smallest absolute Gasteiger partial charge is 0.422 e. The Morgan fingerprint density at radius 1 is 1.21 bits per heavy atom. The molecule has 29 heavy (non-hydrogen) atoms. The molecule has 1 N–H and O–H groups in total. The fourth-order valence-electron chi connectivity index (χ4n) is 2.64. The number of hydrogen-bond donors (Lipinski definition) is 1. The van der Waals surface area contributed by atoms with Crippen molar-refractivity contribution in [3.8, 4) is 11.6 Å². The Labute approximate surface area is 164 Å². The molecule has 0 unspecified atom stereocenters. The van der Waals surface area contributed by atoms with E-state index >= 15 is 0 Å². The van der Waals surface area contributed by atoms with E-state index in [0.717, 1.165) is 11.3 Å². The van der Waals surface area contributed by atoms with E-state index in [-0.39, 0.29) is 18.1 Å². The van der Waals surface area contributed by atoms with Gasteiger partial charge in [-0.15, -0.1) is 5.10 Å². The van der Waals surface area contributed by atoms with Crippen LogP contribution < -0.4 is 10.1 Å². The van der Waals surface area contributed by atoms with Crippen LogP contribution in [0.5, 0.6) is 5.88 Å². The van der Waals surface area contributed by atoms with Gasteiger partial charge in [0.05, 0.1) is 11.4 Å². The van der Waals surface area contributed by atoms with Crippen LogP contribution in [0.15, 0.2) is 42.6 Å². The molecule has 0 atom stereocenters. The molecule has 0 fully saturated rings. The number of nitrogens with one attached hydrogen (secondary N) is 1. The van der Waals surface area contributed by atoms with Crippen molar-refractivity contribution >= 4 is 5.91 Å². The Kier molecular flexibility index (Phi) is 5.81. The molecule has 0 spiro atoms. The molecule has 0 aliphatic rings. The van der Waals surface area contributed by atoms with Gasteiger partial charge in [-0.1, -0.05) is 23.4 Å². The summed E-state index contributed by atoms with van der Waals surface area (Å²) in [6.45, 7) is 2.11. The summed E-state index contributed by atoms with van der Waals surface area (Å²) in [5.74, 6) is -0.697. The normalized spacial score (nSPS) is 11.3. The van der Waals surface area contributed by atoms with E-state index in [0.29, 0.717) is 11.3 Å². The molecule has 3 aromatic rings. The van der Waals surface area contributed by atoms with Crippen LogP contribution in [0.4, 0.5) is 13.2 Å². The average Bonchev–Trinajstić information content (AvgIpc) is 3.06. The van der Waals surface area contributed by atoms with Crippen molar-refractivity contribution < 1.29 is 22.7 Å². The summed E-state index contributed by atoms with van der Waals surface area (Å²) in [6, 6.07) is 10.6. The minimum Gasteiger partial charge on any atom is -0.468 e. The number of carbonyl (C=O) groups is 1. The highest BCUT2D eigenvalue weighted by Gasteiger charge is 2.29. The molecule has 2 heterocycles. The van der Waals surface area contributed by atoms with Crippen LogP contribution in [-0.2, 0) is 6.54 Å². The van der Waals surface area contributed by atoms with Crippen LogP contribution in [0.3, 0.4) is 0 Å². The number of rotatable bonds is 6. The second kappa shape index (κ2) is 8.29. The molecular weight excluding hydrogens is 387 g/mol. The molecule has 0 aliphatic heterocycles. The molecule has 0 bridgehead atoms. The van der Waals surface area contributed by atoms with Crippen molar-refractivity contribution in [1.82, 2.24) is 25.3 Å². The van der Waals surface area contributed by atoms with Crippen LogP contribution in [0, 0.1) is 13.8 Å². The summed E-state index contributed by atoms with van der Waals surface area (Å²) in [7, 11) is 0. The topological polar surface area (TPSA) is 81.9 Å². The summed E-state index contributed by atoms with van der Waals surface area (Å²) in [5, 5.41) is 10.6. The monoisotopic (exact) mass is 405 g/mol. The minimum atomic E-state index is -4.48. The maximum Gasteiger partial charge on any atom is 0.422 e. The fraction of sp³-hybridized carbons (Fsp3) is 0.263. The number of pyridine rings is 1. The highest BCUT2D eigenvalue weighted by atomic mass is 19.4. The lowest BCUT2D eigenvalue weighted by Gasteiger charge is -2.12. The van der Waals surface area contributed by atoms with Gasteiger partial charge in [0, 0.05) is 18.3 Å². The first-order valence-electron chi connectivity index (χ1n) is 8.65. The lowest BCUT2D eigenvalue weighted by atomic mass is 10.2. The predicted octanol–water partition coefficient (Wildman–Crippen LogP) is 3.15. The Bertz CT molecular complexity index is 1020. The summed E-state index contributed by atoms with van der Waals surface area (Å²) >= 11 is 0. The van der Waals surface area contributed by atoms with E-state index in [1.54, 1.807) is 17.7 Å². The second-order valence-electron chi connectivity index (χ2n) is 6.33. The third-order valence-corrected chi connectivity index (χ3v) is 4.02. The zero-order valence-electron chi connectivity index (χ0n) is 15.7. The van der Waals surface area contributed by atoms with Crippen molar-refractivity contribution in [2.24, 2.45) is 0 Å². The van der Waals surface area contributed by atoms with Gasteiger partial charge in [-0.2, -0.15) is 13.2 Å². The summed E-state index contributed by atoms with van der Waals surface area (Å²) in [4.78, 5) is 16.3. The number of amides is 1. The van der Waals surface area contributed by atoms with E-state index in [1.165, 1.54) is 12.3 Å². The maximum atomic E-state index is 12.5. The van der Waals surface area contributed by atoms with Gasteiger partial charge < -0.3 is 10.1 Å². The van der Waals surface area contributed by atoms with Crippen LogP contribution >= 0.6 is 0 Å². The molecule has 7 nitrogen and oxygen atoms in total. The number of hydrogen-bond acceptors (Lipinski definition) is 5. The fourth-order valence-corrected chi connectivity index (χ4v) is 2.64. The van der Waals surface area contributed by atoms with E-state index in [2.05, 4.69) is 20.6 Å². The zero-order valence-corrected chi connectivity index (χ0v) is 15.7. The molecule has 1 aromatic carbocycles. The largest absolute Gasteiger partial charge is 0.468 e. The SMILES string of the molecule is Cc1cccc(-n2nnc(C(=O)NCc3cccnc3OCC(F)(F)F)c2C)c1. The molecule has 0 saturated carbocycles. The van der Waals surface area contributed by atoms with E-state index in [4.69, 9.17) is 4.74 Å². The number of aryl methyl sites for hydroxylation is 1. The Morgan fingerprint density at radius 3 is 2.72 bits per heavy atom. The average molecular weight is 405 g/mol. The number of benzene rings is 1. The van der Waals surface area contributed by atoms with Crippen molar-refractivity contribution in [2.75, 3.05) is 6.61 Å². The van der Waals surface area contributed by atoms with Crippen molar-refractivity contribution in [1.29, 1.82) is 0 Å². The quantitative estimate of drug-likeness (QED) is 0.681. The Hall–Kier alpha value is -3.43. The molecule has 1 amide bonds. The van der Waals surface area contributed by atoms with Crippen molar-refractivity contribution in [2.45, 2.75) is 26.6 Å². The van der Waals surface area contributed by atoms with Gasteiger partial charge in [-0.3, -0.25) is 4.79 Å². The molecule has 0 saturated heterocycles. The standard InChI is InChI=1S/C19H18F3N5O2/c1-12-5-3-7-15(9-12)27-13(2)16(25-26-27)17(28)24-10-14-6-4-8-23-18(14)29-11-19(20,21)22/h3-9H,10-11H2,1-2H3,(H,24,28). The van der Waals surface area contributed by atoms with Crippen LogP contribution in [-0.4, -0.2) is 38.7 Å². The summed E-state index contributed by atoms with van der Waals surface area (Å²) in [6.07, 6.45) is -3.17. The van der Waals surface area contributed by atoms with Gasteiger partial charge in [0.1, 0.15) is 0 Å². The van der Waals surface area contributed by atoms with Gasteiger partial charge in [-0.25, -0.2) is 9.67 Å². The molecule has 152 valence electrons. The third kappa shape index (κ3) is 5.09. The molecular formula is C19H18F3N5O2. The number of alkyl halides is 3. The van der Waals surface area contributed by atoms with Gasteiger partial charge in [0.15, 0.2) is 12.3 Å². The first-order chi connectivity index (χ1) is 13.7. The van der Waals surface area contributed by atoms with Gasteiger partial charge in [-0.05, 0) is 37.6 Å². The third-order valence-electron chi connectivity index (χ3n) is 4.02. The van der Waals surface area contributed by atoms with Crippen LogP contribution in [0.25, 0.3) is 5.69 Å². The first-order valence-corrected chi connectivity index (χ1v) is 8.65. The number of nitrogens with zero attached hydrogens (tertiary/aromatic N) is 4. The molecule has 2 aromatic heterocycles. The summed E-state index contributed by atoms with van der Waals surface area (Å²) in [5.41, 5.74) is 2.77. The zero-order chi connectivity index (χ0) is 21.0. The lowest BCUT2D eigenvalue weighted by Crippen LogP contribution is -2.25. The number of halogens is 3. The number of ether oxygens (including phenoxy) is 1. The maximum absolute atomic E-state index is 12.5. The Morgan fingerprint density at radius 2 is 2.00 bits per heavy atom. The van der Waals surface area contributed by atoms with Gasteiger partial charge in [0.25, 0.3) is 5.91 Å². The minimum absolute atomic E-state index is 0.0728.